The Bertz CT molecular complexity index is 1090. The fourth-order valence-electron chi connectivity index (χ4n) is 3.20. The molecule has 10 nitrogen and oxygen atoms in total. The van der Waals surface area contributed by atoms with Crippen LogP contribution in [0.25, 0.3) is 0 Å². The third kappa shape index (κ3) is 3.68. The zero-order chi connectivity index (χ0) is 21.3. The molecule has 0 bridgehead atoms. The molecule has 1 aromatic carbocycles. The molecular weight excluding hydrogens is 400 g/mol. The number of phenolic OH excluding ortho intramolecular Hbond substituents is 1. The van der Waals surface area contributed by atoms with Gasteiger partial charge in [-0.3, -0.25) is 14.9 Å². The van der Waals surface area contributed by atoms with Crippen molar-refractivity contribution in [2.24, 2.45) is 0 Å². The van der Waals surface area contributed by atoms with Crippen LogP contribution in [0.4, 0.5) is 11.5 Å². The van der Waals surface area contributed by atoms with Crippen LogP contribution in [0, 0.1) is 10.1 Å². The van der Waals surface area contributed by atoms with Crippen molar-refractivity contribution in [3.63, 3.8) is 0 Å². The smallest absolute Gasteiger partial charge is 0.336 e. The number of nitrogens with zero attached hydrogens (tertiary/aromatic N) is 2. The summed E-state index contributed by atoms with van der Waals surface area (Å²) in [6, 6.07) is 3.44. The van der Waals surface area contributed by atoms with Gasteiger partial charge in [-0.15, -0.1) is 0 Å². The van der Waals surface area contributed by atoms with Gasteiger partial charge >= 0.3 is 5.97 Å². The Morgan fingerprint density at radius 3 is 2.79 bits per heavy atom. The first-order chi connectivity index (χ1) is 13.8. The number of hydrogen-bond donors (Lipinski definition) is 3. The molecule has 0 amide bonds. The zero-order valence-electron chi connectivity index (χ0n) is 15.8. The Kier molecular flexibility index (Phi) is 5.59. The summed E-state index contributed by atoms with van der Waals surface area (Å²) in [6.07, 6.45) is 1.74. The van der Waals surface area contributed by atoms with E-state index in [-0.39, 0.29) is 40.6 Å². The average Bonchev–Trinajstić information content (AvgIpc) is 2.67. The summed E-state index contributed by atoms with van der Waals surface area (Å²) in [5, 5.41) is 25.0. The molecule has 152 valence electrons. The second-order valence-corrected chi connectivity index (χ2v) is 6.95. The van der Waals surface area contributed by atoms with Gasteiger partial charge in [-0.25, -0.2) is 9.78 Å². The number of benzene rings is 1. The second-order valence-electron chi connectivity index (χ2n) is 6.15. The van der Waals surface area contributed by atoms with Crippen molar-refractivity contribution in [1.29, 1.82) is 0 Å². The van der Waals surface area contributed by atoms with Gasteiger partial charge in [0.05, 0.1) is 28.6 Å². The van der Waals surface area contributed by atoms with Crippen LogP contribution in [0.2, 0.25) is 0 Å². The number of allylic oxidation sites excluding steroid dienone is 1. The highest BCUT2D eigenvalue weighted by atomic mass is 32.2. The van der Waals surface area contributed by atoms with E-state index in [1.165, 1.54) is 11.8 Å². The summed E-state index contributed by atoms with van der Waals surface area (Å²) in [6.45, 7) is 3.34. The lowest BCUT2D eigenvalue weighted by Crippen LogP contribution is -2.31. The van der Waals surface area contributed by atoms with Crippen molar-refractivity contribution < 1.29 is 19.6 Å². The summed E-state index contributed by atoms with van der Waals surface area (Å²) < 4.78 is 5.13. The quantitative estimate of drug-likeness (QED) is 0.219. The molecule has 1 aliphatic rings. The van der Waals surface area contributed by atoms with Gasteiger partial charge in [0.2, 0.25) is 0 Å². The van der Waals surface area contributed by atoms with Gasteiger partial charge < -0.3 is 20.1 Å². The number of nitro groups is 1. The predicted octanol–water partition coefficient (Wildman–Crippen LogP) is 2.50. The molecule has 29 heavy (non-hydrogen) atoms. The van der Waals surface area contributed by atoms with E-state index in [2.05, 4.69) is 15.3 Å². The molecule has 2 heterocycles. The standard InChI is InChI=1S/C18H18N4O6S/c1-4-28-17(25)12-8(2)19-15-14(16(24)21-18(20-15)29-3)13(12)10-7-9(22(26)27)5-6-11(10)23/h5-7,13,23H,4H2,1-3H3,(H2,19,20,21,24). The Balaban J connectivity index is 2.34. The number of rotatable bonds is 5. The van der Waals surface area contributed by atoms with Crippen LogP contribution in [0.5, 0.6) is 5.75 Å². The number of aromatic amines is 1. The number of fused-ring (bicyclic) bond motifs is 1. The number of carbonyl (C=O) groups excluding carboxylic acids is 1. The molecule has 0 saturated heterocycles. The predicted molar refractivity (Wildman–Crippen MR) is 106 cm³/mol. The minimum Gasteiger partial charge on any atom is -0.508 e. The van der Waals surface area contributed by atoms with E-state index in [1.807, 2.05) is 0 Å². The van der Waals surface area contributed by atoms with Crippen molar-refractivity contribution in [2.75, 3.05) is 18.2 Å². The lowest BCUT2D eigenvalue weighted by molar-refractivity contribution is -0.384. The van der Waals surface area contributed by atoms with Crippen LogP contribution in [-0.2, 0) is 9.53 Å². The topological polar surface area (TPSA) is 147 Å². The van der Waals surface area contributed by atoms with Crippen LogP contribution in [0.15, 0.2) is 39.4 Å². The van der Waals surface area contributed by atoms with E-state index in [4.69, 9.17) is 4.74 Å². The highest BCUT2D eigenvalue weighted by Crippen LogP contribution is 2.43. The van der Waals surface area contributed by atoms with E-state index >= 15 is 0 Å². The second kappa shape index (κ2) is 7.95. The summed E-state index contributed by atoms with van der Waals surface area (Å²) in [4.78, 5) is 43.1. The molecule has 1 unspecified atom stereocenters. The Morgan fingerprint density at radius 2 is 2.17 bits per heavy atom. The highest BCUT2D eigenvalue weighted by molar-refractivity contribution is 7.98. The summed E-state index contributed by atoms with van der Waals surface area (Å²) in [7, 11) is 0. The molecule has 1 aliphatic heterocycles. The molecule has 3 rings (SSSR count). The number of aromatic nitrogens is 2. The number of nitro benzene ring substituents is 1. The van der Waals surface area contributed by atoms with Crippen molar-refractivity contribution in [2.45, 2.75) is 24.9 Å². The number of carbonyl (C=O) groups is 1. The minimum atomic E-state index is -1.10. The van der Waals surface area contributed by atoms with Crippen molar-refractivity contribution in [1.82, 2.24) is 9.97 Å². The molecule has 0 fully saturated rings. The van der Waals surface area contributed by atoms with Gasteiger partial charge in [0.25, 0.3) is 11.2 Å². The zero-order valence-corrected chi connectivity index (χ0v) is 16.6. The molecule has 1 aromatic heterocycles. The molecule has 0 spiro atoms. The van der Waals surface area contributed by atoms with E-state index in [0.29, 0.717) is 10.9 Å². The molecule has 1 atom stereocenters. The monoisotopic (exact) mass is 418 g/mol. The number of ether oxygens (including phenoxy) is 1. The number of nitrogens with one attached hydrogen (secondary N) is 2. The molecule has 11 heteroatoms. The molecule has 0 saturated carbocycles. The summed E-state index contributed by atoms with van der Waals surface area (Å²) in [5.41, 5.74) is -0.280. The molecule has 2 aromatic rings. The van der Waals surface area contributed by atoms with E-state index in [1.54, 1.807) is 20.1 Å². The first kappa shape index (κ1) is 20.4. The number of esters is 1. The fourth-order valence-corrected chi connectivity index (χ4v) is 3.58. The van der Waals surface area contributed by atoms with Gasteiger partial charge in [-0.05, 0) is 26.2 Å². The Labute approximate surface area is 169 Å². The van der Waals surface area contributed by atoms with E-state index < -0.39 is 22.4 Å². The third-order valence-electron chi connectivity index (χ3n) is 4.44. The summed E-state index contributed by atoms with van der Waals surface area (Å²) >= 11 is 1.23. The first-order valence-corrected chi connectivity index (χ1v) is 9.81. The van der Waals surface area contributed by atoms with Gasteiger partial charge in [0.15, 0.2) is 5.16 Å². The Morgan fingerprint density at radius 1 is 1.45 bits per heavy atom. The van der Waals surface area contributed by atoms with Gasteiger partial charge in [0, 0.05) is 23.4 Å². The first-order valence-electron chi connectivity index (χ1n) is 8.58. The van der Waals surface area contributed by atoms with Crippen LogP contribution in [-0.4, -0.2) is 38.8 Å². The fraction of sp³-hybridized carbons (Fsp3) is 0.278. The normalized spacial score (nSPS) is 15.5. The maximum atomic E-state index is 12.9. The van der Waals surface area contributed by atoms with Crippen LogP contribution >= 0.6 is 11.8 Å². The Hall–Kier alpha value is -3.34. The number of phenols is 1. The lowest BCUT2D eigenvalue weighted by Gasteiger charge is -2.29. The lowest BCUT2D eigenvalue weighted by atomic mass is 9.81. The highest BCUT2D eigenvalue weighted by Gasteiger charge is 2.38. The van der Waals surface area contributed by atoms with Gasteiger partial charge in [-0.2, -0.15) is 0 Å². The maximum absolute atomic E-state index is 12.9. The van der Waals surface area contributed by atoms with Crippen molar-refractivity contribution in [3.8, 4) is 5.75 Å². The number of aromatic hydroxyl groups is 1. The molecule has 0 radical (unpaired) electrons. The largest absolute Gasteiger partial charge is 0.508 e. The number of non-ortho nitro benzene ring substituents is 1. The third-order valence-corrected chi connectivity index (χ3v) is 5.02. The van der Waals surface area contributed by atoms with Crippen LogP contribution < -0.4 is 10.9 Å². The molecule has 3 N–H and O–H groups in total. The average molecular weight is 418 g/mol. The van der Waals surface area contributed by atoms with E-state index in [0.717, 1.165) is 18.2 Å². The number of anilines is 1. The number of H-pyrrole nitrogens is 1. The summed E-state index contributed by atoms with van der Waals surface area (Å²) in [5.74, 6) is -1.89. The SMILES string of the molecule is CCOC(=O)C1=C(C)Nc2nc(SC)[nH]c(=O)c2C1c1cc([N+](=O)[O-])ccc1O. The molecule has 0 aliphatic carbocycles. The minimum absolute atomic E-state index is 0.0357. The van der Waals surface area contributed by atoms with Crippen molar-refractivity contribution in [3.05, 3.63) is 61.1 Å². The number of hydrogen-bond acceptors (Lipinski definition) is 9. The van der Waals surface area contributed by atoms with Gasteiger partial charge in [0.1, 0.15) is 11.6 Å². The molecular formula is C18H18N4O6S. The van der Waals surface area contributed by atoms with Crippen molar-refractivity contribution >= 4 is 29.2 Å². The van der Waals surface area contributed by atoms with E-state index in [9.17, 15) is 24.8 Å². The van der Waals surface area contributed by atoms with Crippen LogP contribution in [0.3, 0.4) is 0 Å². The van der Waals surface area contributed by atoms with Crippen LogP contribution in [0.1, 0.15) is 30.9 Å². The number of thioether (sulfide) groups is 1. The van der Waals surface area contributed by atoms with Gasteiger partial charge in [-0.1, -0.05) is 11.8 Å². The maximum Gasteiger partial charge on any atom is 0.336 e.